The Balaban J connectivity index is 1.67. The summed E-state index contributed by atoms with van der Waals surface area (Å²) in [6.45, 7) is 2.00. The first-order valence-corrected chi connectivity index (χ1v) is 11.9. The summed E-state index contributed by atoms with van der Waals surface area (Å²) in [5, 5.41) is 21.1. The molecule has 0 aromatic heterocycles. The number of alkyl halides is 3. The Morgan fingerprint density at radius 1 is 1.03 bits per heavy atom. The van der Waals surface area contributed by atoms with Crippen LogP contribution in [0.4, 0.5) is 24.5 Å². The third-order valence-corrected chi connectivity index (χ3v) is 6.45. The number of aryl methyl sites for hydroxylation is 1. The minimum absolute atomic E-state index is 0.0456. The molecule has 1 amide bonds. The smallest absolute Gasteiger partial charge is 0.416 e. The van der Waals surface area contributed by atoms with Crippen molar-refractivity contribution in [2.24, 2.45) is 0 Å². The van der Waals surface area contributed by atoms with Crippen LogP contribution in [0.15, 0.2) is 79.1 Å². The molecule has 0 spiro atoms. The molecular formula is C28H24F3N3O5. The zero-order valence-corrected chi connectivity index (χ0v) is 20.8. The molecule has 4 rings (SSSR count). The van der Waals surface area contributed by atoms with Gasteiger partial charge in [-0.05, 0) is 42.7 Å². The van der Waals surface area contributed by atoms with Crippen LogP contribution in [0.2, 0.25) is 0 Å². The molecule has 3 aromatic rings. The average molecular weight is 540 g/mol. The number of anilines is 1. The highest BCUT2D eigenvalue weighted by Crippen LogP contribution is 2.34. The molecule has 0 aliphatic carbocycles. The number of carboxylic acid groups (broad SMARTS) is 1. The van der Waals surface area contributed by atoms with E-state index in [1.807, 2.05) is 31.2 Å². The van der Waals surface area contributed by atoms with E-state index in [1.165, 1.54) is 40.4 Å². The zero-order valence-electron chi connectivity index (χ0n) is 20.8. The van der Waals surface area contributed by atoms with Crippen molar-refractivity contribution in [2.45, 2.75) is 32.0 Å². The van der Waals surface area contributed by atoms with Gasteiger partial charge in [0, 0.05) is 31.4 Å². The van der Waals surface area contributed by atoms with Gasteiger partial charge in [0.2, 0.25) is 5.91 Å². The first-order valence-electron chi connectivity index (χ1n) is 11.9. The molecule has 0 bridgehead atoms. The van der Waals surface area contributed by atoms with Gasteiger partial charge in [0.15, 0.2) is 0 Å². The summed E-state index contributed by atoms with van der Waals surface area (Å²) >= 11 is 0. The zero-order chi connectivity index (χ0) is 28.3. The Labute approximate surface area is 221 Å². The Morgan fingerprint density at radius 2 is 1.74 bits per heavy atom. The molecule has 1 atom stereocenters. The van der Waals surface area contributed by atoms with E-state index in [0.29, 0.717) is 5.56 Å². The van der Waals surface area contributed by atoms with E-state index in [9.17, 15) is 38.0 Å². The maximum Gasteiger partial charge on any atom is 0.416 e. The summed E-state index contributed by atoms with van der Waals surface area (Å²) in [5.74, 6) is -1.73. The van der Waals surface area contributed by atoms with Gasteiger partial charge in [0.25, 0.3) is 5.69 Å². The number of carboxylic acids is 1. The fourth-order valence-corrected chi connectivity index (χ4v) is 4.38. The molecular weight excluding hydrogens is 515 g/mol. The first kappa shape index (κ1) is 27.4. The minimum atomic E-state index is -4.48. The van der Waals surface area contributed by atoms with Crippen molar-refractivity contribution in [3.8, 4) is 0 Å². The summed E-state index contributed by atoms with van der Waals surface area (Å²) < 4.78 is 39.3. The van der Waals surface area contributed by atoms with E-state index in [4.69, 9.17) is 0 Å². The van der Waals surface area contributed by atoms with Gasteiger partial charge in [0.1, 0.15) is 11.7 Å². The van der Waals surface area contributed by atoms with Crippen molar-refractivity contribution in [1.29, 1.82) is 0 Å². The van der Waals surface area contributed by atoms with Crippen molar-refractivity contribution >= 4 is 23.3 Å². The first-order chi connectivity index (χ1) is 18.4. The molecule has 1 N–H and O–H groups in total. The third-order valence-electron chi connectivity index (χ3n) is 6.45. The van der Waals surface area contributed by atoms with Crippen molar-refractivity contribution in [2.75, 3.05) is 11.4 Å². The number of hydrogen-bond donors (Lipinski definition) is 1. The quantitative estimate of drug-likeness (QED) is 0.296. The van der Waals surface area contributed by atoms with Crippen molar-refractivity contribution in [1.82, 2.24) is 4.90 Å². The van der Waals surface area contributed by atoms with Crippen LogP contribution in [0.1, 0.15) is 32.6 Å². The van der Waals surface area contributed by atoms with Crippen LogP contribution in [0.5, 0.6) is 0 Å². The van der Waals surface area contributed by atoms with Gasteiger partial charge < -0.3 is 14.9 Å². The number of nitrogens with zero attached hydrogens (tertiary/aromatic N) is 3. The summed E-state index contributed by atoms with van der Waals surface area (Å²) in [5.41, 5.74) is 0.734. The second kappa shape index (κ2) is 11.0. The molecule has 202 valence electrons. The second-order valence-electron chi connectivity index (χ2n) is 9.16. The lowest BCUT2D eigenvalue weighted by Crippen LogP contribution is -2.50. The molecule has 0 saturated carbocycles. The number of halogens is 3. The van der Waals surface area contributed by atoms with E-state index in [2.05, 4.69) is 0 Å². The molecule has 11 heteroatoms. The Hall–Kier alpha value is -4.67. The number of hydrogen-bond acceptors (Lipinski definition) is 5. The van der Waals surface area contributed by atoms with Gasteiger partial charge in [-0.25, -0.2) is 4.79 Å². The number of carbonyl (C=O) groups is 2. The summed E-state index contributed by atoms with van der Waals surface area (Å²) in [6.07, 6.45) is -1.22. The minimum Gasteiger partial charge on any atom is -0.478 e. The van der Waals surface area contributed by atoms with Gasteiger partial charge in [-0.3, -0.25) is 14.9 Å². The summed E-state index contributed by atoms with van der Waals surface area (Å²) in [7, 11) is 0. The molecule has 8 nitrogen and oxygen atoms in total. The topological polar surface area (TPSA) is 104 Å². The van der Waals surface area contributed by atoms with E-state index in [-0.39, 0.29) is 30.6 Å². The lowest BCUT2D eigenvalue weighted by Gasteiger charge is -2.37. The fourth-order valence-electron chi connectivity index (χ4n) is 4.38. The van der Waals surface area contributed by atoms with Crippen LogP contribution in [0.25, 0.3) is 0 Å². The fraction of sp³-hybridized carbons (Fsp3) is 0.214. The Kier molecular flexibility index (Phi) is 7.70. The molecule has 1 heterocycles. The van der Waals surface area contributed by atoms with Gasteiger partial charge in [-0.2, -0.15) is 13.2 Å². The van der Waals surface area contributed by atoms with Crippen LogP contribution >= 0.6 is 0 Å². The molecule has 39 heavy (non-hydrogen) atoms. The maximum absolute atomic E-state index is 13.7. The Bertz CT molecular complexity index is 1440. The number of aromatic carboxylic acids is 1. The molecule has 0 fully saturated rings. The second-order valence-corrected chi connectivity index (χ2v) is 9.16. The van der Waals surface area contributed by atoms with Gasteiger partial charge in [0.05, 0.1) is 16.1 Å². The van der Waals surface area contributed by atoms with Crippen LogP contribution in [-0.4, -0.2) is 39.4 Å². The van der Waals surface area contributed by atoms with Crippen molar-refractivity contribution < 1.29 is 32.8 Å². The number of amides is 1. The van der Waals surface area contributed by atoms with Crippen LogP contribution < -0.4 is 4.90 Å². The van der Waals surface area contributed by atoms with Crippen molar-refractivity contribution in [3.63, 3.8) is 0 Å². The third kappa shape index (κ3) is 6.25. The molecule has 0 radical (unpaired) electrons. The van der Waals surface area contributed by atoms with Gasteiger partial charge in [-0.15, -0.1) is 0 Å². The van der Waals surface area contributed by atoms with Crippen LogP contribution in [0, 0.1) is 17.0 Å². The standard InChI is InChI=1S/C28H24F3N3O5/c1-18-5-7-20(8-6-18)16-25-26(35)32(12-11-19-3-2-4-22(15-19)28(29,30)31)13-14-33(25)23-10-9-21(27(36)37)17-24(23)34(38)39/h2-10,13-15,17,25H,11-12,16H2,1H3,(H,36,37)/t25-/m0/s1. The predicted octanol–water partition coefficient (Wildman–Crippen LogP) is 5.59. The van der Waals surface area contributed by atoms with Gasteiger partial charge in [-0.1, -0.05) is 48.0 Å². The van der Waals surface area contributed by atoms with Crippen LogP contribution in [0.3, 0.4) is 0 Å². The summed E-state index contributed by atoms with van der Waals surface area (Å²) in [4.78, 5) is 39.0. The molecule has 1 aliphatic heterocycles. The number of nitro groups is 1. The van der Waals surface area contributed by atoms with E-state index in [0.717, 1.165) is 29.3 Å². The normalized spacial score (nSPS) is 15.5. The highest BCUT2D eigenvalue weighted by Gasteiger charge is 2.36. The highest BCUT2D eigenvalue weighted by molar-refractivity contribution is 5.92. The highest BCUT2D eigenvalue weighted by atomic mass is 19.4. The largest absolute Gasteiger partial charge is 0.478 e. The number of rotatable bonds is 8. The lowest BCUT2D eigenvalue weighted by molar-refractivity contribution is -0.384. The lowest BCUT2D eigenvalue weighted by atomic mass is 9.99. The summed E-state index contributed by atoms with van der Waals surface area (Å²) in [6, 6.07) is 14.9. The SMILES string of the molecule is Cc1ccc(C[C@H]2C(=O)N(CCc3cccc(C(F)(F)F)c3)C=CN2c2ccc(C(=O)O)cc2[N+](=O)[O-])cc1. The molecule has 0 unspecified atom stereocenters. The molecule has 0 saturated heterocycles. The number of carbonyl (C=O) groups excluding carboxylic acids is 1. The van der Waals surface area contributed by atoms with E-state index in [1.54, 1.807) is 6.07 Å². The average Bonchev–Trinajstić information content (AvgIpc) is 2.89. The number of nitro benzene ring substituents is 1. The van der Waals surface area contributed by atoms with Crippen molar-refractivity contribution in [3.05, 3.63) is 117 Å². The van der Waals surface area contributed by atoms with Crippen LogP contribution in [-0.2, 0) is 23.8 Å². The molecule has 1 aliphatic rings. The Morgan fingerprint density at radius 3 is 2.38 bits per heavy atom. The molecule has 3 aromatic carbocycles. The number of benzene rings is 3. The van der Waals surface area contributed by atoms with Gasteiger partial charge >= 0.3 is 12.1 Å². The maximum atomic E-state index is 13.7. The monoisotopic (exact) mass is 539 g/mol. The van der Waals surface area contributed by atoms with E-state index < -0.39 is 40.3 Å². The van der Waals surface area contributed by atoms with E-state index >= 15 is 0 Å². The predicted molar refractivity (Wildman–Crippen MR) is 137 cm³/mol.